The van der Waals surface area contributed by atoms with Gasteiger partial charge in [0.05, 0.1) is 0 Å². The summed E-state index contributed by atoms with van der Waals surface area (Å²) in [5, 5.41) is 1.46. The van der Waals surface area contributed by atoms with Crippen LogP contribution in [0.3, 0.4) is 0 Å². The maximum atomic E-state index is 12.6. The average Bonchev–Trinajstić information content (AvgIpc) is 1.94. The number of hydrazine groups is 1. The molecule has 10 heavy (non-hydrogen) atoms. The summed E-state index contributed by atoms with van der Waals surface area (Å²) in [6.07, 6.45) is 0.397. The maximum absolute atomic E-state index is 12.6. The number of rotatable bonds is 0. The van der Waals surface area contributed by atoms with Crippen molar-refractivity contribution >= 4 is 0 Å². The minimum Gasteiger partial charge on any atom is -0.269 e. The van der Waals surface area contributed by atoms with Crippen LogP contribution in [0.2, 0.25) is 0 Å². The molecule has 0 unspecified atom stereocenters. The first-order valence-corrected chi connectivity index (χ1v) is 3.48. The van der Waals surface area contributed by atoms with Crippen molar-refractivity contribution in [3.05, 3.63) is 0 Å². The average molecular weight is 150 g/mol. The molecular formula is C6H12F2N2. The van der Waals surface area contributed by atoms with E-state index in [1.165, 1.54) is 5.01 Å². The smallest absolute Gasteiger partial charge is 0.249 e. The van der Waals surface area contributed by atoms with Gasteiger partial charge < -0.3 is 0 Å². The third kappa shape index (κ3) is 2.19. The summed E-state index contributed by atoms with van der Waals surface area (Å²) in [5.41, 5.74) is 0. The summed E-state index contributed by atoms with van der Waals surface area (Å²) in [5.74, 6) is 2.88. The predicted molar refractivity (Wildman–Crippen MR) is 34.6 cm³/mol. The highest BCUT2D eigenvalue weighted by atomic mass is 19.3. The summed E-state index contributed by atoms with van der Waals surface area (Å²) in [6, 6.07) is 0. The van der Waals surface area contributed by atoms with Gasteiger partial charge in [-0.3, -0.25) is 5.84 Å². The molecule has 0 atom stereocenters. The molecule has 0 aromatic heterocycles. The van der Waals surface area contributed by atoms with Crippen molar-refractivity contribution in [2.75, 3.05) is 13.1 Å². The van der Waals surface area contributed by atoms with Crippen molar-refractivity contribution in [3.8, 4) is 0 Å². The Balaban J connectivity index is 2.41. The fourth-order valence-corrected chi connectivity index (χ4v) is 1.08. The van der Waals surface area contributed by atoms with E-state index >= 15 is 0 Å². The topological polar surface area (TPSA) is 29.3 Å². The Kier molecular flexibility index (Phi) is 2.21. The van der Waals surface area contributed by atoms with E-state index < -0.39 is 5.92 Å². The van der Waals surface area contributed by atoms with Crippen LogP contribution < -0.4 is 5.84 Å². The molecule has 0 spiro atoms. The van der Waals surface area contributed by atoms with Crippen LogP contribution in [0.15, 0.2) is 0 Å². The zero-order valence-electron chi connectivity index (χ0n) is 5.82. The van der Waals surface area contributed by atoms with Crippen LogP contribution in [0.5, 0.6) is 0 Å². The Labute approximate surface area is 59.0 Å². The minimum absolute atomic E-state index is 0.0132. The molecule has 60 valence electrons. The fraction of sp³-hybridized carbons (Fsp3) is 1.00. The van der Waals surface area contributed by atoms with Gasteiger partial charge in [0.2, 0.25) is 5.92 Å². The largest absolute Gasteiger partial charge is 0.269 e. The van der Waals surface area contributed by atoms with Gasteiger partial charge in [0.15, 0.2) is 0 Å². The summed E-state index contributed by atoms with van der Waals surface area (Å²) >= 11 is 0. The number of alkyl halides is 2. The second kappa shape index (κ2) is 2.80. The third-order valence-corrected chi connectivity index (χ3v) is 1.75. The molecule has 0 bridgehead atoms. The van der Waals surface area contributed by atoms with Crippen LogP contribution in [0.1, 0.15) is 19.3 Å². The highest BCUT2D eigenvalue weighted by molar-refractivity contribution is 4.72. The van der Waals surface area contributed by atoms with Crippen LogP contribution in [-0.2, 0) is 0 Å². The molecule has 0 aliphatic carbocycles. The number of halogens is 2. The lowest BCUT2D eigenvalue weighted by atomic mass is 10.1. The number of nitrogens with two attached hydrogens (primary N) is 1. The molecule has 1 aliphatic rings. The lowest BCUT2D eigenvalue weighted by molar-refractivity contribution is -0.0130. The van der Waals surface area contributed by atoms with E-state index in [1.54, 1.807) is 0 Å². The van der Waals surface area contributed by atoms with Crippen molar-refractivity contribution in [2.24, 2.45) is 5.84 Å². The first kappa shape index (κ1) is 7.88. The summed E-state index contributed by atoms with van der Waals surface area (Å²) < 4.78 is 25.1. The molecule has 2 N–H and O–H groups in total. The van der Waals surface area contributed by atoms with E-state index in [9.17, 15) is 8.78 Å². The summed E-state index contributed by atoms with van der Waals surface area (Å²) in [7, 11) is 0. The molecule has 1 aliphatic heterocycles. The lowest BCUT2D eigenvalue weighted by Gasteiger charge is -2.13. The molecule has 0 aromatic carbocycles. The van der Waals surface area contributed by atoms with Crippen molar-refractivity contribution in [1.82, 2.24) is 5.01 Å². The van der Waals surface area contributed by atoms with Gasteiger partial charge in [-0.15, -0.1) is 0 Å². The highest BCUT2D eigenvalue weighted by Gasteiger charge is 2.30. The zero-order valence-corrected chi connectivity index (χ0v) is 5.82. The first-order chi connectivity index (χ1) is 4.60. The van der Waals surface area contributed by atoms with Crippen molar-refractivity contribution in [1.29, 1.82) is 0 Å². The van der Waals surface area contributed by atoms with E-state index in [0.717, 1.165) is 0 Å². The van der Waals surface area contributed by atoms with Crippen LogP contribution in [-0.4, -0.2) is 24.0 Å². The van der Waals surface area contributed by atoms with Gasteiger partial charge in [0.25, 0.3) is 0 Å². The molecule has 4 heteroatoms. The molecule has 1 rings (SSSR count). The van der Waals surface area contributed by atoms with Gasteiger partial charge in [0.1, 0.15) is 0 Å². The predicted octanol–water partition coefficient (Wildman–Crippen LogP) is 0.981. The lowest BCUT2D eigenvalue weighted by Crippen LogP contribution is -2.32. The van der Waals surface area contributed by atoms with Gasteiger partial charge in [-0.2, -0.15) is 0 Å². The molecule has 0 saturated carbocycles. The SMILES string of the molecule is NN1CCCC(F)(F)CC1. The first-order valence-electron chi connectivity index (χ1n) is 3.48. The quantitative estimate of drug-likeness (QED) is 0.521. The molecule has 1 saturated heterocycles. The zero-order chi connectivity index (χ0) is 7.61. The Bertz CT molecular complexity index is 116. The van der Waals surface area contributed by atoms with E-state index in [-0.39, 0.29) is 12.8 Å². The Hall–Kier alpha value is -0.220. The molecule has 0 aromatic rings. The van der Waals surface area contributed by atoms with Gasteiger partial charge in [-0.25, -0.2) is 13.8 Å². The van der Waals surface area contributed by atoms with Crippen LogP contribution >= 0.6 is 0 Å². The normalized spacial score (nSPS) is 27.9. The Morgan fingerprint density at radius 3 is 2.60 bits per heavy atom. The second-order valence-electron chi connectivity index (χ2n) is 2.75. The number of hydrogen-bond donors (Lipinski definition) is 1. The van der Waals surface area contributed by atoms with Crippen LogP contribution in [0.25, 0.3) is 0 Å². The molecule has 2 nitrogen and oxygen atoms in total. The van der Waals surface area contributed by atoms with E-state index in [1.807, 2.05) is 0 Å². The van der Waals surface area contributed by atoms with E-state index in [2.05, 4.69) is 0 Å². The molecule has 0 radical (unpaired) electrons. The molecule has 1 heterocycles. The van der Waals surface area contributed by atoms with Gasteiger partial charge in [-0.05, 0) is 6.42 Å². The Morgan fingerprint density at radius 2 is 1.90 bits per heavy atom. The van der Waals surface area contributed by atoms with Crippen LogP contribution in [0.4, 0.5) is 8.78 Å². The van der Waals surface area contributed by atoms with Crippen molar-refractivity contribution in [3.63, 3.8) is 0 Å². The van der Waals surface area contributed by atoms with Gasteiger partial charge in [0, 0.05) is 25.9 Å². The van der Waals surface area contributed by atoms with Gasteiger partial charge >= 0.3 is 0 Å². The summed E-state index contributed by atoms with van der Waals surface area (Å²) in [4.78, 5) is 0. The third-order valence-electron chi connectivity index (χ3n) is 1.75. The van der Waals surface area contributed by atoms with E-state index in [4.69, 9.17) is 5.84 Å². The number of hydrogen-bond acceptors (Lipinski definition) is 2. The monoisotopic (exact) mass is 150 g/mol. The Morgan fingerprint density at radius 1 is 1.20 bits per heavy atom. The standard InChI is InChI=1S/C6H12F2N2/c7-6(8)2-1-4-10(9)5-3-6/h1-5,9H2. The molecule has 1 fully saturated rings. The van der Waals surface area contributed by atoms with Gasteiger partial charge in [-0.1, -0.05) is 0 Å². The minimum atomic E-state index is -2.48. The highest BCUT2D eigenvalue weighted by Crippen LogP contribution is 2.26. The van der Waals surface area contributed by atoms with Crippen molar-refractivity contribution < 1.29 is 8.78 Å². The molecular weight excluding hydrogens is 138 g/mol. The van der Waals surface area contributed by atoms with Crippen LogP contribution in [0, 0.1) is 0 Å². The van der Waals surface area contributed by atoms with E-state index in [0.29, 0.717) is 19.5 Å². The fourth-order valence-electron chi connectivity index (χ4n) is 1.08. The maximum Gasteiger partial charge on any atom is 0.249 e. The molecule has 0 amide bonds. The summed E-state index contributed by atoms with van der Waals surface area (Å²) in [6.45, 7) is 0.905. The second-order valence-corrected chi connectivity index (χ2v) is 2.75. The number of nitrogens with zero attached hydrogens (tertiary/aromatic N) is 1. The van der Waals surface area contributed by atoms with Crippen molar-refractivity contribution in [2.45, 2.75) is 25.2 Å².